The summed E-state index contributed by atoms with van der Waals surface area (Å²) in [7, 11) is 0. The highest BCUT2D eigenvalue weighted by molar-refractivity contribution is 6.26. The van der Waals surface area contributed by atoms with Gasteiger partial charge in [0.1, 0.15) is 5.82 Å². The van der Waals surface area contributed by atoms with Gasteiger partial charge in [0.2, 0.25) is 0 Å². The molecule has 0 saturated carbocycles. The fourth-order valence-corrected chi connectivity index (χ4v) is 4.88. The highest BCUT2D eigenvalue weighted by atomic mass is 19.2. The van der Waals surface area contributed by atoms with Crippen molar-refractivity contribution in [2.75, 3.05) is 0 Å². The minimum Gasteiger partial charge on any atom is -0.206 e. The molecule has 0 heterocycles. The third-order valence-electron chi connectivity index (χ3n) is 6.44. The monoisotopic (exact) mass is 498 g/mol. The summed E-state index contributed by atoms with van der Waals surface area (Å²) < 4.78 is 118. The largest absolute Gasteiger partial charge is 0.206 e. The molecular weight excluding hydrogens is 488 g/mol. The van der Waals surface area contributed by atoms with Crippen molar-refractivity contribution in [1.29, 1.82) is 0 Å². The van der Waals surface area contributed by atoms with Crippen LogP contribution in [0.25, 0.3) is 54.6 Å². The zero-order valence-electron chi connectivity index (χ0n) is 17.8. The van der Waals surface area contributed by atoms with Crippen LogP contribution in [0.2, 0.25) is 0 Å². The van der Waals surface area contributed by atoms with Gasteiger partial charge in [0.15, 0.2) is 40.7 Å². The summed E-state index contributed by atoms with van der Waals surface area (Å²) in [5.74, 6) is -12.5. The van der Waals surface area contributed by atoms with Gasteiger partial charge in [-0.1, -0.05) is 42.5 Å². The molecule has 0 fully saturated rings. The first-order valence-corrected chi connectivity index (χ1v) is 10.6. The van der Waals surface area contributed by atoms with E-state index in [0.717, 1.165) is 12.1 Å². The second kappa shape index (κ2) is 7.65. The van der Waals surface area contributed by atoms with Gasteiger partial charge in [-0.25, -0.2) is 35.1 Å². The van der Waals surface area contributed by atoms with E-state index in [0.29, 0.717) is 6.07 Å². The summed E-state index contributed by atoms with van der Waals surface area (Å²) in [6.07, 6.45) is 0. The quantitative estimate of drug-likeness (QED) is 0.127. The van der Waals surface area contributed by atoms with Crippen molar-refractivity contribution in [3.63, 3.8) is 0 Å². The van der Waals surface area contributed by atoms with Gasteiger partial charge < -0.3 is 0 Å². The Hall–Kier alpha value is -4.20. The minimum absolute atomic E-state index is 0.110. The number of rotatable bonds is 2. The van der Waals surface area contributed by atoms with E-state index in [2.05, 4.69) is 0 Å². The lowest BCUT2D eigenvalue weighted by Crippen LogP contribution is -2.03. The molecule has 0 amide bonds. The van der Waals surface area contributed by atoms with E-state index in [1.54, 1.807) is 0 Å². The summed E-state index contributed by atoms with van der Waals surface area (Å²) in [4.78, 5) is 0. The summed E-state index contributed by atoms with van der Waals surface area (Å²) in [6.45, 7) is 0. The van der Waals surface area contributed by atoms with Gasteiger partial charge in [0.05, 0.1) is 10.8 Å². The van der Waals surface area contributed by atoms with Gasteiger partial charge in [-0.2, -0.15) is 0 Å². The Labute approximate surface area is 197 Å². The van der Waals surface area contributed by atoms with Crippen molar-refractivity contribution < 1.29 is 35.1 Å². The normalized spacial score (nSPS) is 11.9. The van der Waals surface area contributed by atoms with E-state index < -0.39 is 68.4 Å². The number of hydrogen-bond acceptors (Lipinski definition) is 0. The zero-order chi connectivity index (χ0) is 25.5. The molecule has 0 radical (unpaired) electrons. The minimum atomic E-state index is -1.76. The number of benzene rings is 6. The Bertz CT molecular complexity index is 1870. The van der Waals surface area contributed by atoms with Gasteiger partial charge in [-0.3, -0.25) is 0 Å². The highest BCUT2D eigenvalue weighted by Gasteiger charge is 2.29. The average molecular weight is 498 g/mol. The van der Waals surface area contributed by atoms with E-state index in [9.17, 15) is 26.3 Å². The maximum atomic E-state index is 15.6. The Morgan fingerprint density at radius 3 is 1.72 bits per heavy atom. The fourth-order valence-electron chi connectivity index (χ4n) is 4.88. The van der Waals surface area contributed by atoms with Crippen LogP contribution in [0, 0.1) is 46.5 Å². The van der Waals surface area contributed by atoms with E-state index in [1.165, 1.54) is 42.5 Å². The van der Waals surface area contributed by atoms with Crippen LogP contribution < -0.4 is 0 Å². The van der Waals surface area contributed by atoms with Crippen LogP contribution in [0.4, 0.5) is 35.1 Å². The first-order chi connectivity index (χ1) is 17.2. The molecule has 0 unspecified atom stereocenters. The summed E-state index contributed by atoms with van der Waals surface area (Å²) in [6, 6.07) is 12.0. The number of halogens is 8. The molecule has 6 aromatic rings. The highest BCUT2D eigenvalue weighted by Crippen LogP contribution is 2.47. The standard InChI is InChI=1S/C28H10F8/c29-16-9-6-11-5-7-15-19(25(33)27(35)22-20(15)18(11)21(16)26(34)28(22)36)13-4-2-1-3-12(13)14-8-10-17(30)24(32)23(14)31/h1-10H. The second-order valence-corrected chi connectivity index (χ2v) is 8.28. The molecule has 8 heteroatoms. The molecule has 0 atom stereocenters. The van der Waals surface area contributed by atoms with Crippen LogP contribution in [0.1, 0.15) is 0 Å². The summed E-state index contributed by atoms with van der Waals surface area (Å²) in [5, 5.41) is -2.00. The predicted molar refractivity (Wildman–Crippen MR) is 121 cm³/mol. The van der Waals surface area contributed by atoms with Gasteiger partial charge in [-0.05, 0) is 40.1 Å². The molecule has 0 saturated heterocycles. The molecule has 6 aromatic carbocycles. The Morgan fingerprint density at radius 2 is 0.972 bits per heavy atom. The lowest BCUT2D eigenvalue weighted by Gasteiger charge is -2.19. The fraction of sp³-hybridized carbons (Fsp3) is 0. The summed E-state index contributed by atoms with van der Waals surface area (Å²) in [5.41, 5.74) is -1.13. The van der Waals surface area contributed by atoms with Crippen molar-refractivity contribution in [3.8, 4) is 22.3 Å². The number of hydrogen-bond donors (Lipinski definition) is 0. The molecule has 0 bridgehead atoms. The van der Waals surface area contributed by atoms with Crippen molar-refractivity contribution in [1.82, 2.24) is 0 Å². The third-order valence-corrected chi connectivity index (χ3v) is 6.44. The second-order valence-electron chi connectivity index (χ2n) is 8.28. The van der Waals surface area contributed by atoms with Crippen molar-refractivity contribution in [2.24, 2.45) is 0 Å². The molecule has 0 aliphatic rings. The van der Waals surface area contributed by atoms with Crippen LogP contribution in [-0.4, -0.2) is 0 Å². The van der Waals surface area contributed by atoms with Crippen molar-refractivity contribution in [2.45, 2.75) is 0 Å². The van der Waals surface area contributed by atoms with Crippen LogP contribution in [-0.2, 0) is 0 Å². The van der Waals surface area contributed by atoms with Crippen LogP contribution >= 0.6 is 0 Å². The molecule has 0 aliphatic carbocycles. The molecule has 178 valence electrons. The van der Waals surface area contributed by atoms with Crippen molar-refractivity contribution >= 4 is 32.3 Å². The molecule has 0 nitrogen and oxygen atoms in total. The van der Waals surface area contributed by atoms with Gasteiger partial charge >= 0.3 is 0 Å². The Balaban J connectivity index is 1.82. The first kappa shape index (κ1) is 22.3. The SMILES string of the molecule is Fc1ccc(-c2ccccc2-c2c(F)c(F)c3c(F)c(F)c4c(F)ccc5ccc2c3c54)c(F)c1F. The topological polar surface area (TPSA) is 0 Å². The van der Waals surface area contributed by atoms with Gasteiger partial charge in [0.25, 0.3) is 0 Å². The maximum Gasteiger partial charge on any atom is 0.195 e. The van der Waals surface area contributed by atoms with Crippen molar-refractivity contribution in [3.05, 3.63) is 107 Å². The molecular formula is C28H10F8. The molecule has 6 rings (SSSR count). The summed E-state index contributed by atoms with van der Waals surface area (Å²) >= 11 is 0. The molecule has 0 aliphatic heterocycles. The molecule has 0 N–H and O–H groups in total. The molecule has 0 aromatic heterocycles. The van der Waals surface area contributed by atoms with Crippen LogP contribution in [0.3, 0.4) is 0 Å². The van der Waals surface area contributed by atoms with Gasteiger partial charge in [0, 0.05) is 21.9 Å². The van der Waals surface area contributed by atoms with Gasteiger partial charge in [-0.15, -0.1) is 0 Å². The Kier molecular flexibility index (Phi) is 4.73. The van der Waals surface area contributed by atoms with E-state index in [1.807, 2.05) is 0 Å². The smallest absolute Gasteiger partial charge is 0.195 e. The predicted octanol–water partition coefficient (Wildman–Crippen LogP) is 9.03. The zero-order valence-corrected chi connectivity index (χ0v) is 17.8. The van der Waals surface area contributed by atoms with Crippen LogP contribution in [0.5, 0.6) is 0 Å². The third kappa shape index (κ3) is 2.81. The molecule has 0 spiro atoms. The first-order valence-electron chi connectivity index (χ1n) is 10.6. The lowest BCUT2D eigenvalue weighted by atomic mass is 9.86. The van der Waals surface area contributed by atoms with E-state index in [-0.39, 0.29) is 32.7 Å². The van der Waals surface area contributed by atoms with E-state index >= 15 is 8.78 Å². The average Bonchev–Trinajstić information content (AvgIpc) is 2.87. The molecule has 36 heavy (non-hydrogen) atoms. The maximum absolute atomic E-state index is 15.6. The van der Waals surface area contributed by atoms with E-state index in [4.69, 9.17) is 0 Å². The Morgan fingerprint density at radius 1 is 0.361 bits per heavy atom. The van der Waals surface area contributed by atoms with Crippen LogP contribution in [0.15, 0.2) is 60.7 Å². The lowest BCUT2D eigenvalue weighted by molar-refractivity contribution is 0.449.